The zero-order chi connectivity index (χ0) is 27.9. The third-order valence-electron chi connectivity index (χ3n) is 5.74. The first-order valence-corrected chi connectivity index (χ1v) is 14.4. The van der Waals surface area contributed by atoms with Crippen molar-refractivity contribution >= 4 is 54.2 Å². The van der Waals surface area contributed by atoms with Crippen molar-refractivity contribution in [1.82, 2.24) is 14.2 Å². The number of aromatic nitrogens is 1. The molecule has 2 aromatic carbocycles. The number of thiazole rings is 1. The number of hydrogen-bond acceptors (Lipinski definition) is 9. The molecule has 1 aromatic heterocycles. The Kier molecular flexibility index (Phi) is 10.9. The fourth-order valence-electron chi connectivity index (χ4n) is 3.62. The van der Waals surface area contributed by atoms with Gasteiger partial charge in [0.2, 0.25) is 10.0 Å². The number of halogens is 1. The number of anilines is 1. The third-order valence-corrected chi connectivity index (χ3v) is 9.19. The second-order valence-corrected chi connectivity index (χ2v) is 11.9. The molecule has 0 atom stereocenters. The van der Waals surface area contributed by atoms with Crippen molar-refractivity contribution in [3.05, 3.63) is 47.0 Å². The average molecular weight is 585 g/mol. The summed E-state index contributed by atoms with van der Waals surface area (Å²) in [5.41, 5.74) is 0.914. The minimum Gasteiger partial charge on any atom is -0.494 e. The molecule has 0 unspecified atom stereocenters. The minimum absolute atomic E-state index is 0.0811. The Bertz CT molecular complexity index is 1320. The number of carbonyl (C=O) groups excluding carboxylic acids is 1. The molecule has 13 heteroatoms. The summed E-state index contributed by atoms with van der Waals surface area (Å²) in [6.07, 6.45) is 0. The summed E-state index contributed by atoms with van der Waals surface area (Å²) in [5, 5.41) is 0.992. The molecule has 0 aliphatic heterocycles. The lowest BCUT2D eigenvalue weighted by Gasteiger charge is -2.23. The van der Waals surface area contributed by atoms with Crippen LogP contribution in [0.2, 0.25) is 5.02 Å². The first-order chi connectivity index (χ1) is 18.1. The predicted molar refractivity (Wildman–Crippen MR) is 150 cm³/mol. The normalized spacial score (nSPS) is 12.0. The average Bonchev–Trinajstić information content (AvgIpc) is 3.35. The standard InChI is InChI=1S/C25H33ClN4O6S2/c1-28(2)12-13-30(25-27-22-21(36-5)11-10-20(26)23(22)37-25)24(31)18-6-8-19(9-7-18)38(32,33)29(14-16-34-3)15-17-35-4/h6-11H,12-17H2,1-5H3. The number of methoxy groups -OCH3 is 3. The number of benzene rings is 2. The van der Waals surface area contributed by atoms with E-state index in [2.05, 4.69) is 4.98 Å². The molecule has 0 radical (unpaired) electrons. The molecule has 38 heavy (non-hydrogen) atoms. The van der Waals surface area contributed by atoms with Crippen LogP contribution in [-0.2, 0) is 19.5 Å². The SMILES string of the molecule is COCCN(CCOC)S(=O)(=O)c1ccc(C(=O)N(CCN(C)C)c2nc3c(OC)ccc(Cl)c3s2)cc1. The number of likely N-dealkylation sites (N-methyl/N-ethyl adjacent to an activating group) is 1. The van der Waals surface area contributed by atoms with Gasteiger partial charge in [0.15, 0.2) is 5.13 Å². The van der Waals surface area contributed by atoms with E-state index < -0.39 is 10.0 Å². The van der Waals surface area contributed by atoms with Gasteiger partial charge in [-0.25, -0.2) is 13.4 Å². The Balaban J connectivity index is 1.94. The maximum absolute atomic E-state index is 13.7. The van der Waals surface area contributed by atoms with Gasteiger partial charge in [0.1, 0.15) is 11.3 Å². The van der Waals surface area contributed by atoms with Gasteiger partial charge >= 0.3 is 0 Å². The molecule has 0 saturated carbocycles. The lowest BCUT2D eigenvalue weighted by Crippen LogP contribution is -2.37. The van der Waals surface area contributed by atoms with E-state index in [1.165, 1.54) is 54.1 Å². The number of rotatable bonds is 14. The molecule has 208 valence electrons. The Morgan fingerprint density at radius 1 is 0.947 bits per heavy atom. The summed E-state index contributed by atoms with van der Waals surface area (Å²) < 4.78 is 44.0. The fourth-order valence-corrected chi connectivity index (χ4v) is 6.31. The fraction of sp³-hybridized carbons (Fsp3) is 0.440. The number of ether oxygens (including phenoxy) is 3. The van der Waals surface area contributed by atoms with E-state index in [0.29, 0.717) is 40.1 Å². The van der Waals surface area contributed by atoms with Gasteiger partial charge in [-0.2, -0.15) is 4.31 Å². The molecular weight excluding hydrogens is 552 g/mol. The van der Waals surface area contributed by atoms with Gasteiger partial charge in [0, 0.05) is 46.0 Å². The summed E-state index contributed by atoms with van der Waals surface area (Å²) in [5.74, 6) is 0.258. The van der Waals surface area contributed by atoms with Crippen molar-refractivity contribution in [2.75, 3.05) is 79.7 Å². The zero-order valence-corrected chi connectivity index (χ0v) is 24.5. The minimum atomic E-state index is -3.81. The van der Waals surface area contributed by atoms with Gasteiger partial charge in [-0.15, -0.1) is 0 Å². The van der Waals surface area contributed by atoms with Crippen molar-refractivity contribution < 1.29 is 27.4 Å². The quantitative estimate of drug-likeness (QED) is 0.284. The van der Waals surface area contributed by atoms with E-state index in [4.69, 9.17) is 25.8 Å². The molecule has 3 aromatic rings. The molecule has 0 spiro atoms. The lowest BCUT2D eigenvalue weighted by atomic mass is 10.2. The molecule has 0 fully saturated rings. The van der Waals surface area contributed by atoms with E-state index in [1.54, 1.807) is 24.1 Å². The van der Waals surface area contributed by atoms with Crippen LogP contribution < -0.4 is 9.64 Å². The highest BCUT2D eigenvalue weighted by molar-refractivity contribution is 7.89. The van der Waals surface area contributed by atoms with Crippen LogP contribution in [0.25, 0.3) is 10.2 Å². The number of sulfonamides is 1. The molecule has 1 heterocycles. The highest BCUT2D eigenvalue weighted by Crippen LogP contribution is 2.39. The zero-order valence-electron chi connectivity index (χ0n) is 22.1. The highest BCUT2D eigenvalue weighted by atomic mass is 35.5. The van der Waals surface area contributed by atoms with Crippen LogP contribution in [0.3, 0.4) is 0 Å². The second-order valence-electron chi connectivity index (χ2n) is 8.60. The summed E-state index contributed by atoms with van der Waals surface area (Å²) in [6, 6.07) is 9.39. The summed E-state index contributed by atoms with van der Waals surface area (Å²) in [7, 11) is 4.60. The van der Waals surface area contributed by atoms with Crippen LogP contribution in [0.5, 0.6) is 5.75 Å². The van der Waals surface area contributed by atoms with Crippen LogP contribution in [0.15, 0.2) is 41.3 Å². The summed E-state index contributed by atoms with van der Waals surface area (Å²) in [6.45, 7) is 1.82. The molecule has 0 aliphatic rings. The van der Waals surface area contributed by atoms with E-state index in [1.807, 2.05) is 19.0 Å². The van der Waals surface area contributed by atoms with Gasteiger partial charge < -0.3 is 19.1 Å². The van der Waals surface area contributed by atoms with E-state index >= 15 is 0 Å². The van der Waals surface area contributed by atoms with Crippen molar-refractivity contribution in [2.24, 2.45) is 0 Å². The Labute approximate surface area is 232 Å². The van der Waals surface area contributed by atoms with Crippen molar-refractivity contribution in [3.63, 3.8) is 0 Å². The van der Waals surface area contributed by atoms with Crippen LogP contribution in [0.4, 0.5) is 5.13 Å². The smallest absolute Gasteiger partial charge is 0.260 e. The molecule has 0 N–H and O–H groups in total. The Morgan fingerprint density at radius 3 is 2.13 bits per heavy atom. The number of hydrogen-bond donors (Lipinski definition) is 0. The lowest BCUT2D eigenvalue weighted by molar-refractivity contribution is 0.0985. The molecule has 0 bridgehead atoms. The number of carbonyl (C=O) groups is 1. The van der Waals surface area contributed by atoms with Gasteiger partial charge in [-0.1, -0.05) is 22.9 Å². The topological polar surface area (TPSA) is 102 Å². The summed E-state index contributed by atoms with van der Waals surface area (Å²) >= 11 is 7.70. The number of amides is 1. The summed E-state index contributed by atoms with van der Waals surface area (Å²) in [4.78, 5) is 22.0. The number of fused-ring (bicyclic) bond motifs is 1. The van der Waals surface area contributed by atoms with Gasteiger partial charge in [-0.3, -0.25) is 9.69 Å². The first kappa shape index (κ1) is 30.2. The monoisotopic (exact) mass is 584 g/mol. The molecule has 3 rings (SSSR count). The van der Waals surface area contributed by atoms with Gasteiger partial charge in [0.05, 0.1) is 34.9 Å². The highest BCUT2D eigenvalue weighted by Gasteiger charge is 2.26. The van der Waals surface area contributed by atoms with E-state index in [0.717, 1.165) is 4.70 Å². The molecule has 0 saturated heterocycles. The van der Waals surface area contributed by atoms with Crippen LogP contribution >= 0.6 is 22.9 Å². The third kappa shape index (κ3) is 7.00. The second kappa shape index (κ2) is 13.7. The van der Waals surface area contributed by atoms with Crippen molar-refractivity contribution in [3.8, 4) is 5.75 Å². The molecule has 0 aliphatic carbocycles. The molecular formula is C25H33ClN4O6S2. The van der Waals surface area contributed by atoms with Crippen LogP contribution in [0, 0.1) is 0 Å². The Hall–Kier alpha value is -2.32. The molecule has 10 nitrogen and oxygen atoms in total. The first-order valence-electron chi connectivity index (χ1n) is 11.8. The van der Waals surface area contributed by atoms with E-state index in [9.17, 15) is 13.2 Å². The predicted octanol–water partition coefficient (Wildman–Crippen LogP) is 3.45. The maximum atomic E-state index is 13.7. The largest absolute Gasteiger partial charge is 0.494 e. The van der Waals surface area contributed by atoms with Gasteiger partial charge in [0.25, 0.3) is 5.91 Å². The maximum Gasteiger partial charge on any atom is 0.260 e. The van der Waals surface area contributed by atoms with Crippen molar-refractivity contribution in [2.45, 2.75) is 4.90 Å². The van der Waals surface area contributed by atoms with Crippen molar-refractivity contribution in [1.29, 1.82) is 0 Å². The number of nitrogens with zero attached hydrogens (tertiary/aromatic N) is 4. The Morgan fingerprint density at radius 2 is 1.58 bits per heavy atom. The molecule has 1 amide bonds. The van der Waals surface area contributed by atoms with Crippen LogP contribution in [0.1, 0.15) is 10.4 Å². The van der Waals surface area contributed by atoms with E-state index in [-0.39, 0.29) is 37.1 Å². The van der Waals surface area contributed by atoms with Crippen LogP contribution in [-0.4, -0.2) is 103 Å². The van der Waals surface area contributed by atoms with Gasteiger partial charge in [-0.05, 0) is 50.5 Å².